The second kappa shape index (κ2) is 5.97. The molecule has 0 heterocycles. The molecule has 16 heavy (non-hydrogen) atoms. The summed E-state index contributed by atoms with van der Waals surface area (Å²) in [5.41, 5.74) is 0.904. The van der Waals surface area contributed by atoms with Gasteiger partial charge in [-0.2, -0.15) is 0 Å². The second-order valence-corrected chi connectivity index (χ2v) is 4.76. The van der Waals surface area contributed by atoms with Gasteiger partial charge in [0, 0.05) is 0 Å². The molecule has 0 aliphatic carbocycles. The van der Waals surface area contributed by atoms with E-state index in [1.54, 1.807) is 6.07 Å². The fourth-order valence-electron chi connectivity index (χ4n) is 1.28. The van der Waals surface area contributed by atoms with Crippen molar-refractivity contribution in [3.05, 3.63) is 35.4 Å². The van der Waals surface area contributed by atoms with Crippen LogP contribution in [0.5, 0.6) is 0 Å². The second-order valence-electron chi connectivity index (χ2n) is 4.76. The van der Waals surface area contributed by atoms with Crippen molar-refractivity contribution < 1.29 is 8.78 Å². The van der Waals surface area contributed by atoms with E-state index in [0.29, 0.717) is 0 Å². The van der Waals surface area contributed by atoms with Crippen LogP contribution in [0.1, 0.15) is 53.0 Å². The topological polar surface area (TPSA) is 0 Å². The predicted octanol–water partition coefficient (Wildman–Crippen LogP) is 5.14. The highest BCUT2D eigenvalue weighted by Gasteiger charge is 2.22. The van der Waals surface area contributed by atoms with Crippen molar-refractivity contribution in [2.75, 3.05) is 0 Å². The molecule has 0 fully saturated rings. The molecule has 2 heteroatoms. The van der Waals surface area contributed by atoms with Crippen molar-refractivity contribution >= 4 is 0 Å². The molecular formula is C14H22F2. The van der Waals surface area contributed by atoms with E-state index in [1.807, 2.05) is 20.8 Å². The van der Waals surface area contributed by atoms with Crippen molar-refractivity contribution in [1.29, 1.82) is 0 Å². The van der Waals surface area contributed by atoms with Crippen LogP contribution in [-0.4, -0.2) is 0 Å². The van der Waals surface area contributed by atoms with Crippen LogP contribution < -0.4 is 0 Å². The minimum absolute atomic E-state index is 0.0598. The van der Waals surface area contributed by atoms with Crippen LogP contribution in [-0.2, 0) is 0 Å². The Bertz CT molecular complexity index is 324. The van der Waals surface area contributed by atoms with Gasteiger partial charge in [0.05, 0.1) is 0 Å². The van der Waals surface area contributed by atoms with Crippen molar-refractivity contribution in [3.8, 4) is 0 Å². The number of rotatable bonds is 1. The number of hydrogen-bond acceptors (Lipinski definition) is 0. The van der Waals surface area contributed by atoms with E-state index in [4.69, 9.17) is 0 Å². The Morgan fingerprint density at radius 3 is 1.88 bits per heavy atom. The molecule has 1 atom stereocenters. The lowest BCUT2D eigenvalue weighted by molar-refractivity contribution is 0.338. The Hall–Kier alpha value is -0.920. The van der Waals surface area contributed by atoms with Gasteiger partial charge >= 0.3 is 0 Å². The molecule has 0 nitrogen and oxygen atoms in total. The Morgan fingerprint density at radius 2 is 1.50 bits per heavy atom. The lowest BCUT2D eigenvalue weighted by atomic mass is 9.78. The SMILES string of the molecule is CC.CC(c1ccc(F)c(F)c1)C(C)(C)C. The predicted molar refractivity (Wildman–Crippen MR) is 65.6 cm³/mol. The molecule has 1 aromatic rings. The molecule has 0 bridgehead atoms. The molecule has 0 radical (unpaired) electrons. The molecule has 0 amide bonds. The minimum Gasteiger partial charge on any atom is -0.204 e. The average molecular weight is 228 g/mol. The molecule has 0 spiro atoms. The Balaban J connectivity index is 0.00000106. The molecule has 1 unspecified atom stereocenters. The summed E-state index contributed by atoms with van der Waals surface area (Å²) < 4.78 is 25.6. The van der Waals surface area contributed by atoms with Gasteiger partial charge in [0.2, 0.25) is 0 Å². The molecule has 1 aromatic carbocycles. The summed E-state index contributed by atoms with van der Waals surface area (Å²) in [6.45, 7) is 12.3. The summed E-state index contributed by atoms with van der Waals surface area (Å²) in [6, 6.07) is 4.12. The summed E-state index contributed by atoms with van der Waals surface area (Å²) in [7, 11) is 0. The molecule has 1 rings (SSSR count). The molecule has 92 valence electrons. The van der Waals surface area contributed by atoms with Crippen LogP contribution in [0, 0.1) is 17.0 Å². The van der Waals surface area contributed by atoms with Gasteiger partial charge in [-0.1, -0.05) is 47.6 Å². The normalized spacial score (nSPS) is 12.8. The van der Waals surface area contributed by atoms with Gasteiger partial charge < -0.3 is 0 Å². The third kappa shape index (κ3) is 3.92. The third-order valence-electron chi connectivity index (χ3n) is 2.74. The largest absolute Gasteiger partial charge is 0.204 e. The standard InChI is InChI=1S/C12H16F2.C2H6/c1-8(12(2,3)4)9-5-6-10(13)11(14)7-9;1-2/h5-8H,1-4H3;1-2H3. The van der Waals surface area contributed by atoms with Crippen molar-refractivity contribution in [1.82, 2.24) is 0 Å². The summed E-state index contributed by atoms with van der Waals surface area (Å²) in [5.74, 6) is -1.34. The monoisotopic (exact) mass is 228 g/mol. The van der Waals surface area contributed by atoms with Crippen LogP contribution in [0.25, 0.3) is 0 Å². The molecule has 0 saturated heterocycles. The van der Waals surface area contributed by atoms with E-state index in [9.17, 15) is 8.78 Å². The molecule has 0 aliphatic heterocycles. The Morgan fingerprint density at radius 1 is 1.00 bits per heavy atom. The van der Waals surface area contributed by atoms with E-state index in [0.717, 1.165) is 5.56 Å². The van der Waals surface area contributed by atoms with Gasteiger partial charge in [-0.05, 0) is 29.0 Å². The first-order valence-corrected chi connectivity index (χ1v) is 5.77. The smallest absolute Gasteiger partial charge is 0.159 e. The van der Waals surface area contributed by atoms with Crippen LogP contribution in [0.4, 0.5) is 8.78 Å². The maximum atomic E-state index is 13.0. The Labute approximate surface area is 97.7 Å². The molecule has 0 saturated carbocycles. The van der Waals surface area contributed by atoms with E-state index >= 15 is 0 Å². The van der Waals surface area contributed by atoms with Crippen LogP contribution >= 0.6 is 0 Å². The van der Waals surface area contributed by atoms with Gasteiger partial charge in [0.15, 0.2) is 11.6 Å². The van der Waals surface area contributed by atoms with E-state index in [-0.39, 0.29) is 11.3 Å². The quantitative estimate of drug-likeness (QED) is 0.624. The maximum absolute atomic E-state index is 13.0. The number of hydrogen-bond donors (Lipinski definition) is 0. The summed E-state index contributed by atoms with van der Waals surface area (Å²) in [5, 5.41) is 0. The molecule has 0 N–H and O–H groups in total. The lowest BCUT2D eigenvalue weighted by Gasteiger charge is -2.27. The van der Waals surface area contributed by atoms with E-state index < -0.39 is 11.6 Å². The van der Waals surface area contributed by atoms with Crippen LogP contribution in [0.2, 0.25) is 0 Å². The summed E-state index contributed by atoms with van der Waals surface area (Å²) in [4.78, 5) is 0. The number of benzene rings is 1. The zero-order valence-electron chi connectivity index (χ0n) is 11.1. The van der Waals surface area contributed by atoms with Gasteiger partial charge in [-0.15, -0.1) is 0 Å². The van der Waals surface area contributed by atoms with Crippen LogP contribution in [0.15, 0.2) is 18.2 Å². The van der Waals surface area contributed by atoms with Crippen molar-refractivity contribution in [2.45, 2.75) is 47.5 Å². The van der Waals surface area contributed by atoms with Gasteiger partial charge in [0.1, 0.15) is 0 Å². The average Bonchev–Trinajstić information content (AvgIpc) is 2.23. The van der Waals surface area contributed by atoms with Gasteiger partial charge in [0.25, 0.3) is 0 Å². The zero-order valence-corrected chi connectivity index (χ0v) is 11.1. The van der Waals surface area contributed by atoms with Crippen molar-refractivity contribution in [2.24, 2.45) is 5.41 Å². The zero-order chi connectivity index (χ0) is 12.9. The lowest BCUT2D eigenvalue weighted by Crippen LogP contribution is -2.15. The first kappa shape index (κ1) is 15.1. The van der Waals surface area contributed by atoms with E-state index in [1.165, 1.54) is 12.1 Å². The highest BCUT2D eigenvalue weighted by Crippen LogP contribution is 2.34. The first-order valence-electron chi connectivity index (χ1n) is 5.77. The summed E-state index contributed by atoms with van der Waals surface area (Å²) >= 11 is 0. The highest BCUT2D eigenvalue weighted by atomic mass is 19.2. The minimum atomic E-state index is -0.783. The van der Waals surface area contributed by atoms with Crippen molar-refractivity contribution in [3.63, 3.8) is 0 Å². The van der Waals surface area contributed by atoms with E-state index in [2.05, 4.69) is 20.8 Å². The fourth-order valence-corrected chi connectivity index (χ4v) is 1.28. The maximum Gasteiger partial charge on any atom is 0.159 e. The molecule has 0 aliphatic rings. The summed E-state index contributed by atoms with van der Waals surface area (Å²) in [6.07, 6.45) is 0. The highest BCUT2D eigenvalue weighted by molar-refractivity contribution is 5.22. The molecular weight excluding hydrogens is 206 g/mol. The first-order chi connectivity index (χ1) is 7.32. The van der Waals surface area contributed by atoms with Crippen LogP contribution in [0.3, 0.4) is 0 Å². The van der Waals surface area contributed by atoms with Gasteiger partial charge in [-0.3, -0.25) is 0 Å². The molecule has 0 aromatic heterocycles. The third-order valence-corrected chi connectivity index (χ3v) is 2.74. The fraction of sp³-hybridized carbons (Fsp3) is 0.571. The number of halogens is 2. The van der Waals surface area contributed by atoms with Gasteiger partial charge in [-0.25, -0.2) is 8.78 Å². The Kier molecular flexibility index (Phi) is 5.63.